The largest absolute Gasteiger partial charge is 0.479 e. The molecule has 2 N–H and O–H groups in total. The summed E-state index contributed by atoms with van der Waals surface area (Å²) in [5.41, 5.74) is 0. The number of rotatable bonds is 4. The summed E-state index contributed by atoms with van der Waals surface area (Å²) < 4.78 is 5.10. The van der Waals surface area contributed by atoms with E-state index in [1.165, 1.54) is 0 Å². The Hall–Kier alpha value is -1.10. The lowest BCUT2D eigenvalue weighted by Gasteiger charge is -2.09. The molecule has 2 unspecified atom stereocenters. The van der Waals surface area contributed by atoms with Gasteiger partial charge in [-0.15, -0.1) is 0 Å². The van der Waals surface area contributed by atoms with Crippen LogP contribution in [0.2, 0.25) is 0 Å². The number of nitrogens with one attached hydrogen (secondary N) is 1. The SMILES string of the molecule is O=CNCC1CCC(C(=O)O)O1. The Kier molecular flexibility index (Phi) is 3.04. The maximum atomic E-state index is 10.4. The van der Waals surface area contributed by atoms with Crippen molar-refractivity contribution in [1.29, 1.82) is 0 Å². The van der Waals surface area contributed by atoms with E-state index in [4.69, 9.17) is 9.84 Å². The summed E-state index contributed by atoms with van der Waals surface area (Å²) in [6.07, 6.45) is 0.968. The molecule has 0 aromatic carbocycles. The summed E-state index contributed by atoms with van der Waals surface area (Å²) in [4.78, 5) is 20.3. The van der Waals surface area contributed by atoms with E-state index in [2.05, 4.69) is 5.32 Å². The third-order valence-corrected chi connectivity index (χ3v) is 1.81. The number of carboxylic acid groups (broad SMARTS) is 1. The van der Waals surface area contributed by atoms with Crippen LogP contribution >= 0.6 is 0 Å². The fourth-order valence-electron chi connectivity index (χ4n) is 1.22. The summed E-state index contributed by atoms with van der Waals surface area (Å²) in [7, 11) is 0. The van der Waals surface area contributed by atoms with Crippen molar-refractivity contribution in [2.24, 2.45) is 0 Å². The van der Waals surface area contributed by atoms with E-state index in [9.17, 15) is 9.59 Å². The highest BCUT2D eigenvalue weighted by atomic mass is 16.5. The molecule has 1 aliphatic heterocycles. The summed E-state index contributed by atoms with van der Waals surface area (Å²) in [6.45, 7) is 0.396. The number of carbonyl (C=O) groups excluding carboxylic acids is 1. The molecule has 68 valence electrons. The van der Waals surface area contributed by atoms with Gasteiger partial charge in [0.2, 0.25) is 6.41 Å². The minimum atomic E-state index is -0.927. The van der Waals surface area contributed by atoms with Crippen LogP contribution in [-0.4, -0.2) is 36.2 Å². The van der Waals surface area contributed by atoms with Crippen LogP contribution in [0.4, 0.5) is 0 Å². The molecule has 0 aromatic heterocycles. The van der Waals surface area contributed by atoms with Crippen molar-refractivity contribution in [1.82, 2.24) is 5.32 Å². The van der Waals surface area contributed by atoms with Gasteiger partial charge < -0.3 is 15.2 Å². The second kappa shape index (κ2) is 4.06. The summed E-state index contributed by atoms with van der Waals surface area (Å²) in [6, 6.07) is 0. The molecule has 5 heteroatoms. The second-order valence-corrected chi connectivity index (χ2v) is 2.69. The normalized spacial score (nSPS) is 28.3. The van der Waals surface area contributed by atoms with Gasteiger partial charge in [-0.25, -0.2) is 4.79 Å². The van der Waals surface area contributed by atoms with Crippen LogP contribution < -0.4 is 5.32 Å². The van der Waals surface area contributed by atoms with E-state index in [-0.39, 0.29) is 6.10 Å². The third kappa shape index (κ3) is 2.20. The lowest BCUT2D eigenvalue weighted by molar-refractivity contribution is -0.149. The van der Waals surface area contributed by atoms with E-state index in [1.807, 2.05) is 0 Å². The smallest absolute Gasteiger partial charge is 0.332 e. The van der Waals surface area contributed by atoms with Crippen molar-refractivity contribution < 1.29 is 19.4 Å². The van der Waals surface area contributed by atoms with E-state index in [0.29, 0.717) is 25.8 Å². The molecule has 0 aromatic rings. The molecule has 1 aliphatic rings. The number of hydrogen-bond donors (Lipinski definition) is 2. The van der Waals surface area contributed by atoms with Crippen LogP contribution in [0.5, 0.6) is 0 Å². The summed E-state index contributed by atoms with van der Waals surface area (Å²) >= 11 is 0. The molecule has 0 bridgehead atoms. The number of ether oxygens (including phenoxy) is 1. The topological polar surface area (TPSA) is 75.6 Å². The van der Waals surface area contributed by atoms with Gasteiger partial charge in [-0.05, 0) is 12.8 Å². The van der Waals surface area contributed by atoms with Crippen LogP contribution in [0.3, 0.4) is 0 Å². The fourth-order valence-corrected chi connectivity index (χ4v) is 1.22. The van der Waals surface area contributed by atoms with Crippen LogP contribution in [-0.2, 0) is 14.3 Å². The molecule has 1 amide bonds. The van der Waals surface area contributed by atoms with Crippen LogP contribution in [0, 0.1) is 0 Å². The van der Waals surface area contributed by atoms with Crippen molar-refractivity contribution >= 4 is 12.4 Å². The first-order valence-corrected chi connectivity index (χ1v) is 3.79. The average molecular weight is 173 g/mol. The van der Waals surface area contributed by atoms with Crippen molar-refractivity contribution in [2.45, 2.75) is 25.0 Å². The zero-order valence-electron chi connectivity index (χ0n) is 6.53. The molecule has 2 atom stereocenters. The van der Waals surface area contributed by atoms with Crippen LogP contribution in [0.25, 0.3) is 0 Å². The number of aliphatic carboxylic acids is 1. The maximum Gasteiger partial charge on any atom is 0.332 e. The minimum Gasteiger partial charge on any atom is -0.479 e. The third-order valence-electron chi connectivity index (χ3n) is 1.81. The van der Waals surface area contributed by atoms with Crippen molar-refractivity contribution in [3.05, 3.63) is 0 Å². The van der Waals surface area contributed by atoms with Gasteiger partial charge in [-0.2, -0.15) is 0 Å². The zero-order valence-corrected chi connectivity index (χ0v) is 6.53. The standard InChI is InChI=1S/C7H11NO4/c9-4-8-3-5-1-2-6(12-5)7(10)11/h4-6H,1-3H2,(H,8,9)(H,10,11). The van der Waals surface area contributed by atoms with Crippen LogP contribution in [0.15, 0.2) is 0 Å². The molecule has 1 saturated heterocycles. The van der Waals surface area contributed by atoms with E-state index < -0.39 is 12.1 Å². The molecule has 1 rings (SSSR count). The number of amides is 1. The van der Waals surface area contributed by atoms with Crippen molar-refractivity contribution in [3.8, 4) is 0 Å². The molecule has 5 nitrogen and oxygen atoms in total. The molecule has 0 aliphatic carbocycles. The van der Waals surface area contributed by atoms with Gasteiger partial charge in [-0.3, -0.25) is 4.79 Å². The fraction of sp³-hybridized carbons (Fsp3) is 0.714. The van der Waals surface area contributed by atoms with Gasteiger partial charge in [0, 0.05) is 6.54 Å². The van der Waals surface area contributed by atoms with Gasteiger partial charge >= 0.3 is 5.97 Å². The van der Waals surface area contributed by atoms with Gasteiger partial charge in [0.25, 0.3) is 0 Å². The lowest BCUT2D eigenvalue weighted by Crippen LogP contribution is -2.28. The summed E-state index contributed by atoms with van der Waals surface area (Å²) in [5, 5.41) is 11.0. The first kappa shape index (κ1) is 8.99. The molecule has 12 heavy (non-hydrogen) atoms. The maximum absolute atomic E-state index is 10.4. The highest BCUT2D eigenvalue weighted by Gasteiger charge is 2.29. The van der Waals surface area contributed by atoms with Crippen LogP contribution in [0.1, 0.15) is 12.8 Å². The lowest BCUT2D eigenvalue weighted by atomic mass is 10.2. The Labute approximate surface area is 69.7 Å². The Bertz CT molecular complexity index is 182. The number of carbonyl (C=O) groups is 2. The van der Waals surface area contributed by atoms with Gasteiger partial charge in [0.1, 0.15) is 0 Å². The first-order chi connectivity index (χ1) is 5.74. The van der Waals surface area contributed by atoms with E-state index >= 15 is 0 Å². The quantitative estimate of drug-likeness (QED) is 0.555. The predicted molar refractivity (Wildman–Crippen MR) is 39.6 cm³/mol. The number of hydrogen-bond acceptors (Lipinski definition) is 3. The highest BCUT2D eigenvalue weighted by Crippen LogP contribution is 2.18. The Morgan fingerprint density at radius 3 is 2.92 bits per heavy atom. The zero-order chi connectivity index (χ0) is 8.97. The molecule has 1 heterocycles. The highest BCUT2D eigenvalue weighted by molar-refractivity contribution is 5.72. The second-order valence-electron chi connectivity index (χ2n) is 2.69. The van der Waals surface area contributed by atoms with Gasteiger partial charge in [0.15, 0.2) is 6.10 Å². The molecular weight excluding hydrogens is 162 g/mol. The van der Waals surface area contributed by atoms with Crippen molar-refractivity contribution in [2.75, 3.05) is 6.54 Å². The molecule has 0 radical (unpaired) electrons. The Morgan fingerprint density at radius 1 is 1.67 bits per heavy atom. The molecule has 0 spiro atoms. The molecule has 1 fully saturated rings. The van der Waals surface area contributed by atoms with Gasteiger partial charge in [-0.1, -0.05) is 0 Å². The first-order valence-electron chi connectivity index (χ1n) is 3.79. The average Bonchev–Trinajstić information content (AvgIpc) is 2.48. The Balaban J connectivity index is 2.25. The predicted octanol–water partition coefficient (Wildman–Crippen LogP) is -0.635. The van der Waals surface area contributed by atoms with E-state index in [0.717, 1.165) is 0 Å². The van der Waals surface area contributed by atoms with E-state index in [1.54, 1.807) is 0 Å². The molecule has 0 saturated carbocycles. The number of carboxylic acids is 1. The minimum absolute atomic E-state index is 0.142. The van der Waals surface area contributed by atoms with Gasteiger partial charge in [0.05, 0.1) is 6.10 Å². The monoisotopic (exact) mass is 173 g/mol. The molecular formula is C7H11NO4. The summed E-state index contributed by atoms with van der Waals surface area (Å²) in [5.74, 6) is -0.927. The van der Waals surface area contributed by atoms with Crippen molar-refractivity contribution in [3.63, 3.8) is 0 Å². The Morgan fingerprint density at radius 2 is 2.42 bits per heavy atom.